The number of carbonyl (C=O) groups is 2. The number of nitrogens with zero attached hydrogens (tertiary/aromatic N) is 1. The maximum Gasteiger partial charge on any atom is 0.244 e. The van der Waals surface area contributed by atoms with Gasteiger partial charge < -0.3 is 20.7 Å². The standard InChI is InChI=1S/C18H27N3O3/c1-3-21(18(23)14-8-6-7-13(14)11-19)12-17(22)20-15-9-4-5-10-16(15)24-2/h4-5,9-10,13-14H,3,6-8,11-12,19H2,1-2H3,(H,20,22)/t13-,14-/m1/s1. The highest BCUT2D eigenvalue weighted by Crippen LogP contribution is 2.32. The van der Waals surface area contributed by atoms with Gasteiger partial charge in [0.2, 0.25) is 11.8 Å². The second-order valence-corrected chi connectivity index (χ2v) is 6.13. The first-order valence-electron chi connectivity index (χ1n) is 8.52. The van der Waals surface area contributed by atoms with Gasteiger partial charge >= 0.3 is 0 Å². The van der Waals surface area contributed by atoms with E-state index in [0.717, 1.165) is 19.3 Å². The van der Waals surface area contributed by atoms with Crippen LogP contribution in [-0.4, -0.2) is 43.5 Å². The SMILES string of the molecule is CCN(CC(=O)Nc1ccccc1OC)C(=O)[C@@H]1CCC[C@@H]1CN. The highest BCUT2D eigenvalue weighted by Gasteiger charge is 2.34. The summed E-state index contributed by atoms with van der Waals surface area (Å²) in [4.78, 5) is 26.7. The van der Waals surface area contributed by atoms with Crippen molar-refractivity contribution in [2.45, 2.75) is 26.2 Å². The lowest BCUT2D eigenvalue weighted by Gasteiger charge is -2.26. The van der Waals surface area contributed by atoms with Crippen LogP contribution in [-0.2, 0) is 9.59 Å². The number of nitrogens with two attached hydrogens (primary N) is 1. The van der Waals surface area contributed by atoms with Crippen LogP contribution in [0.5, 0.6) is 5.75 Å². The predicted molar refractivity (Wildman–Crippen MR) is 93.8 cm³/mol. The molecule has 0 saturated heterocycles. The summed E-state index contributed by atoms with van der Waals surface area (Å²) >= 11 is 0. The molecule has 0 aliphatic heterocycles. The van der Waals surface area contributed by atoms with E-state index in [9.17, 15) is 9.59 Å². The van der Waals surface area contributed by atoms with Crippen LogP contribution in [0.15, 0.2) is 24.3 Å². The van der Waals surface area contributed by atoms with Crippen LogP contribution < -0.4 is 15.8 Å². The summed E-state index contributed by atoms with van der Waals surface area (Å²) in [6.07, 6.45) is 2.90. The van der Waals surface area contributed by atoms with Gasteiger partial charge in [0.05, 0.1) is 19.3 Å². The van der Waals surface area contributed by atoms with Crippen LogP contribution >= 0.6 is 0 Å². The van der Waals surface area contributed by atoms with Gasteiger partial charge in [-0.3, -0.25) is 9.59 Å². The summed E-state index contributed by atoms with van der Waals surface area (Å²) in [5.41, 5.74) is 6.38. The van der Waals surface area contributed by atoms with Crippen molar-refractivity contribution in [3.8, 4) is 5.75 Å². The minimum absolute atomic E-state index is 0.0422. The van der Waals surface area contributed by atoms with E-state index in [1.807, 2.05) is 19.1 Å². The first-order chi connectivity index (χ1) is 11.6. The number of amides is 2. The van der Waals surface area contributed by atoms with Crippen molar-refractivity contribution in [3.05, 3.63) is 24.3 Å². The molecule has 24 heavy (non-hydrogen) atoms. The van der Waals surface area contributed by atoms with Crippen molar-refractivity contribution in [2.75, 3.05) is 32.1 Å². The third-order valence-electron chi connectivity index (χ3n) is 4.69. The molecule has 132 valence electrons. The number of nitrogens with one attached hydrogen (secondary N) is 1. The molecule has 1 aliphatic rings. The van der Waals surface area contributed by atoms with Crippen molar-refractivity contribution in [3.63, 3.8) is 0 Å². The number of carbonyl (C=O) groups excluding carboxylic acids is 2. The van der Waals surface area contributed by atoms with E-state index in [2.05, 4.69) is 5.32 Å². The molecule has 3 N–H and O–H groups in total. The van der Waals surface area contributed by atoms with Gasteiger partial charge in [-0.2, -0.15) is 0 Å². The molecule has 0 radical (unpaired) electrons. The van der Waals surface area contributed by atoms with Gasteiger partial charge in [-0.15, -0.1) is 0 Å². The fourth-order valence-corrected chi connectivity index (χ4v) is 3.34. The third-order valence-corrected chi connectivity index (χ3v) is 4.69. The molecule has 6 nitrogen and oxygen atoms in total. The lowest BCUT2D eigenvalue weighted by molar-refractivity contribution is -0.139. The largest absolute Gasteiger partial charge is 0.495 e. The Morgan fingerprint density at radius 1 is 1.33 bits per heavy atom. The van der Waals surface area contributed by atoms with Crippen molar-refractivity contribution in [1.82, 2.24) is 4.90 Å². The second-order valence-electron chi connectivity index (χ2n) is 6.13. The molecular formula is C18H27N3O3. The van der Waals surface area contributed by atoms with E-state index >= 15 is 0 Å². The Bertz CT molecular complexity index is 576. The Morgan fingerprint density at radius 3 is 2.75 bits per heavy atom. The number of para-hydroxylation sites is 2. The van der Waals surface area contributed by atoms with Crippen LogP contribution in [0, 0.1) is 11.8 Å². The van der Waals surface area contributed by atoms with Crippen LogP contribution in [0.4, 0.5) is 5.69 Å². The van der Waals surface area contributed by atoms with Gasteiger partial charge in [0.15, 0.2) is 0 Å². The van der Waals surface area contributed by atoms with E-state index in [1.54, 1.807) is 24.1 Å². The minimum atomic E-state index is -0.225. The zero-order valence-electron chi connectivity index (χ0n) is 14.5. The molecule has 1 aromatic rings. The number of benzene rings is 1. The summed E-state index contributed by atoms with van der Waals surface area (Å²) in [5.74, 6) is 0.606. The molecule has 1 aliphatic carbocycles. The van der Waals surface area contributed by atoms with Crippen LogP contribution in [0.25, 0.3) is 0 Å². The fourth-order valence-electron chi connectivity index (χ4n) is 3.34. The zero-order valence-corrected chi connectivity index (χ0v) is 14.5. The molecule has 0 bridgehead atoms. The molecular weight excluding hydrogens is 306 g/mol. The van der Waals surface area contributed by atoms with Crippen molar-refractivity contribution in [1.29, 1.82) is 0 Å². The third kappa shape index (κ3) is 4.26. The first-order valence-corrected chi connectivity index (χ1v) is 8.52. The highest BCUT2D eigenvalue weighted by molar-refractivity contribution is 5.96. The fraction of sp³-hybridized carbons (Fsp3) is 0.556. The van der Waals surface area contributed by atoms with Crippen LogP contribution in [0.2, 0.25) is 0 Å². The summed E-state index contributed by atoms with van der Waals surface area (Å²) < 4.78 is 5.23. The normalized spacial score (nSPS) is 19.8. The summed E-state index contributed by atoms with van der Waals surface area (Å²) in [5, 5.41) is 2.81. The Morgan fingerprint density at radius 2 is 2.08 bits per heavy atom. The maximum atomic E-state index is 12.7. The van der Waals surface area contributed by atoms with Gasteiger partial charge in [0.25, 0.3) is 0 Å². The topological polar surface area (TPSA) is 84.7 Å². The quantitative estimate of drug-likeness (QED) is 0.797. The van der Waals surface area contributed by atoms with Crippen molar-refractivity contribution >= 4 is 17.5 Å². The van der Waals surface area contributed by atoms with Gasteiger partial charge in [-0.1, -0.05) is 18.6 Å². The Balaban J connectivity index is 1.99. The van der Waals surface area contributed by atoms with Crippen LogP contribution in [0.3, 0.4) is 0 Å². The molecule has 1 aromatic carbocycles. The van der Waals surface area contributed by atoms with Gasteiger partial charge in [0.1, 0.15) is 5.75 Å². The number of methoxy groups -OCH3 is 1. The summed E-state index contributed by atoms with van der Waals surface area (Å²) in [6, 6.07) is 7.22. The van der Waals surface area contributed by atoms with Crippen LogP contribution in [0.1, 0.15) is 26.2 Å². The summed E-state index contributed by atoms with van der Waals surface area (Å²) in [6.45, 7) is 2.97. The van der Waals surface area contributed by atoms with E-state index < -0.39 is 0 Å². The Hall–Kier alpha value is -2.08. The van der Waals surface area contributed by atoms with Crippen molar-refractivity contribution < 1.29 is 14.3 Å². The molecule has 2 rings (SSSR count). The maximum absolute atomic E-state index is 12.7. The highest BCUT2D eigenvalue weighted by atomic mass is 16.5. The average Bonchev–Trinajstić information content (AvgIpc) is 3.08. The lowest BCUT2D eigenvalue weighted by atomic mass is 9.94. The van der Waals surface area contributed by atoms with E-state index in [0.29, 0.717) is 24.5 Å². The van der Waals surface area contributed by atoms with Gasteiger partial charge in [-0.05, 0) is 44.4 Å². The zero-order chi connectivity index (χ0) is 17.5. The molecule has 2 amide bonds. The molecule has 2 atom stereocenters. The van der Waals surface area contributed by atoms with E-state index in [-0.39, 0.29) is 30.2 Å². The van der Waals surface area contributed by atoms with Gasteiger partial charge in [-0.25, -0.2) is 0 Å². The Labute approximate surface area is 143 Å². The minimum Gasteiger partial charge on any atom is -0.495 e. The molecule has 6 heteroatoms. The first kappa shape index (κ1) is 18.3. The molecule has 1 fully saturated rings. The molecule has 1 saturated carbocycles. The van der Waals surface area contributed by atoms with Gasteiger partial charge in [0, 0.05) is 12.5 Å². The number of hydrogen-bond donors (Lipinski definition) is 2. The number of rotatable bonds is 7. The van der Waals surface area contributed by atoms with E-state index in [1.165, 1.54) is 0 Å². The summed E-state index contributed by atoms with van der Waals surface area (Å²) in [7, 11) is 1.56. The predicted octanol–water partition coefficient (Wildman–Crippen LogP) is 1.86. The van der Waals surface area contributed by atoms with Crippen molar-refractivity contribution in [2.24, 2.45) is 17.6 Å². The molecule has 0 aromatic heterocycles. The number of hydrogen-bond acceptors (Lipinski definition) is 4. The molecule has 0 heterocycles. The number of ether oxygens (including phenoxy) is 1. The second kappa shape index (κ2) is 8.68. The average molecular weight is 333 g/mol. The lowest BCUT2D eigenvalue weighted by Crippen LogP contribution is -2.43. The molecule has 0 spiro atoms. The molecule has 0 unspecified atom stereocenters. The monoisotopic (exact) mass is 333 g/mol. The van der Waals surface area contributed by atoms with E-state index in [4.69, 9.17) is 10.5 Å². The smallest absolute Gasteiger partial charge is 0.244 e. The Kier molecular flexibility index (Phi) is 6.61. The number of anilines is 1. The number of likely N-dealkylation sites (N-methyl/N-ethyl adjacent to an activating group) is 1.